The molecule has 2 heteroatoms. The molecular formula is C13H12N2. The Balaban J connectivity index is 1.93. The first-order chi connectivity index (χ1) is 7.43. The van der Waals surface area contributed by atoms with Gasteiger partial charge in [-0.2, -0.15) is 0 Å². The van der Waals surface area contributed by atoms with Crippen molar-refractivity contribution >= 4 is 0 Å². The number of hydrogen-bond donors (Lipinski definition) is 0. The lowest BCUT2D eigenvalue weighted by atomic mass is 10.1. The third-order valence-corrected chi connectivity index (χ3v) is 2.78. The highest BCUT2D eigenvalue weighted by atomic mass is 14.8. The Kier molecular flexibility index (Phi) is 1.98. The minimum atomic E-state index is 0.805. The van der Waals surface area contributed by atoms with Gasteiger partial charge in [0.2, 0.25) is 0 Å². The van der Waals surface area contributed by atoms with Gasteiger partial charge in [0, 0.05) is 18.0 Å². The van der Waals surface area contributed by atoms with E-state index in [1.165, 1.54) is 18.4 Å². The predicted octanol–water partition coefficient (Wildman–Crippen LogP) is 3.02. The van der Waals surface area contributed by atoms with Crippen molar-refractivity contribution in [1.29, 1.82) is 0 Å². The van der Waals surface area contributed by atoms with Gasteiger partial charge < -0.3 is 0 Å². The van der Waals surface area contributed by atoms with E-state index in [9.17, 15) is 0 Å². The highest BCUT2D eigenvalue weighted by Gasteiger charge is 2.22. The zero-order chi connectivity index (χ0) is 10.1. The fourth-order valence-corrected chi connectivity index (χ4v) is 1.77. The molecule has 2 nitrogen and oxygen atoms in total. The summed E-state index contributed by atoms with van der Waals surface area (Å²) in [6.07, 6.45) is 6.25. The second kappa shape index (κ2) is 3.46. The molecule has 0 atom stereocenters. The largest absolute Gasteiger partial charge is 0.237 e. The molecule has 0 N–H and O–H groups in total. The molecule has 1 aromatic carbocycles. The molecule has 3 rings (SSSR count). The summed E-state index contributed by atoms with van der Waals surface area (Å²) >= 11 is 0. The molecule has 1 aliphatic carbocycles. The molecule has 0 amide bonds. The Hall–Kier alpha value is -1.70. The molecule has 1 saturated carbocycles. The summed E-state index contributed by atoms with van der Waals surface area (Å²) in [6.45, 7) is 0. The molecule has 0 bridgehead atoms. The molecule has 15 heavy (non-hydrogen) atoms. The Morgan fingerprint density at radius 3 is 2.20 bits per heavy atom. The zero-order valence-electron chi connectivity index (χ0n) is 8.43. The molecule has 0 saturated heterocycles. The van der Waals surface area contributed by atoms with E-state index >= 15 is 0 Å². The van der Waals surface area contributed by atoms with Crippen molar-refractivity contribution in [2.24, 2.45) is 0 Å². The van der Waals surface area contributed by atoms with Crippen LogP contribution in [0.25, 0.3) is 11.4 Å². The SMILES string of the molecule is c1cnc(-c2ccc(C3CC3)cc2)nc1. The zero-order valence-corrected chi connectivity index (χ0v) is 8.43. The van der Waals surface area contributed by atoms with Gasteiger partial charge in [0.1, 0.15) is 0 Å². The van der Waals surface area contributed by atoms with Crippen LogP contribution in [0.3, 0.4) is 0 Å². The number of rotatable bonds is 2. The summed E-state index contributed by atoms with van der Waals surface area (Å²) in [5, 5.41) is 0. The fraction of sp³-hybridized carbons (Fsp3) is 0.231. The average molecular weight is 196 g/mol. The fourth-order valence-electron chi connectivity index (χ4n) is 1.77. The molecule has 1 fully saturated rings. The Morgan fingerprint density at radius 2 is 1.60 bits per heavy atom. The lowest BCUT2D eigenvalue weighted by Gasteiger charge is -2.01. The van der Waals surface area contributed by atoms with E-state index in [0.717, 1.165) is 17.3 Å². The van der Waals surface area contributed by atoms with E-state index in [0.29, 0.717) is 0 Å². The second-order valence-corrected chi connectivity index (χ2v) is 3.97. The van der Waals surface area contributed by atoms with Crippen LogP contribution < -0.4 is 0 Å². The number of hydrogen-bond acceptors (Lipinski definition) is 2. The highest BCUT2D eigenvalue weighted by molar-refractivity contribution is 5.55. The van der Waals surface area contributed by atoms with E-state index in [-0.39, 0.29) is 0 Å². The monoisotopic (exact) mass is 196 g/mol. The number of benzene rings is 1. The van der Waals surface area contributed by atoms with Gasteiger partial charge in [0.05, 0.1) is 0 Å². The number of nitrogens with zero attached hydrogens (tertiary/aromatic N) is 2. The van der Waals surface area contributed by atoms with Gasteiger partial charge in [-0.05, 0) is 30.4 Å². The average Bonchev–Trinajstić information content (AvgIpc) is 3.15. The first kappa shape index (κ1) is 8.60. The minimum Gasteiger partial charge on any atom is -0.237 e. The molecular weight excluding hydrogens is 184 g/mol. The van der Waals surface area contributed by atoms with Crippen LogP contribution in [0.2, 0.25) is 0 Å². The molecule has 0 spiro atoms. The van der Waals surface area contributed by atoms with Crippen LogP contribution in [-0.2, 0) is 0 Å². The maximum absolute atomic E-state index is 4.23. The van der Waals surface area contributed by atoms with Gasteiger partial charge in [-0.25, -0.2) is 9.97 Å². The maximum Gasteiger partial charge on any atom is 0.159 e. The summed E-state index contributed by atoms with van der Waals surface area (Å²) in [4.78, 5) is 8.46. The van der Waals surface area contributed by atoms with Crippen molar-refractivity contribution in [3.05, 3.63) is 48.3 Å². The van der Waals surface area contributed by atoms with E-state index in [4.69, 9.17) is 0 Å². The van der Waals surface area contributed by atoms with Crippen LogP contribution in [0.15, 0.2) is 42.7 Å². The van der Waals surface area contributed by atoms with Gasteiger partial charge in [-0.3, -0.25) is 0 Å². The van der Waals surface area contributed by atoms with Crippen LogP contribution >= 0.6 is 0 Å². The molecule has 1 aliphatic rings. The topological polar surface area (TPSA) is 25.8 Å². The van der Waals surface area contributed by atoms with Crippen LogP contribution in [0.1, 0.15) is 24.3 Å². The Bertz CT molecular complexity index is 444. The minimum absolute atomic E-state index is 0.805. The van der Waals surface area contributed by atoms with E-state index in [2.05, 4.69) is 34.2 Å². The first-order valence-corrected chi connectivity index (χ1v) is 5.31. The van der Waals surface area contributed by atoms with Crippen LogP contribution in [-0.4, -0.2) is 9.97 Å². The normalized spacial score (nSPS) is 15.2. The lowest BCUT2D eigenvalue weighted by molar-refractivity contribution is 1.12. The van der Waals surface area contributed by atoms with Crippen molar-refractivity contribution in [2.75, 3.05) is 0 Å². The number of aromatic nitrogens is 2. The quantitative estimate of drug-likeness (QED) is 0.737. The summed E-state index contributed by atoms with van der Waals surface area (Å²) in [5.74, 6) is 1.62. The van der Waals surface area contributed by atoms with Gasteiger partial charge in [0.15, 0.2) is 5.82 Å². The summed E-state index contributed by atoms with van der Waals surface area (Å²) < 4.78 is 0. The molecule has 2 aromatic rings. The van der Waals surface area contributed by atoms with Crippen molar-refractivity contribution in [3.63, 3.8) is 0 Å². The van der Waals surface area contributed by atoms with Crippen LogP contribution in [0, 0.1) is 0 Å². The lowest BCUT2D eigenvalue weighted by Crippen LogP contribution is -1.87. The van der Waals surface area contributed by atoms with E-state index < -0.39 is 0 Å². The van der Waals surface area contributed by atoms with Crippen molar-refractivity contribution < 1.29 is 0 Å². The van der Waals surface area contributed by atoms with E-state index in [1.807, 2.05) is 6.07 Å². The third kappa shape index (κ3) is 1.75. The molecule has 0 radical (unpaired) electrons. The van der Waals surface area contributed by atoms with Crippen LogP contribution in [0.5, 0.6) is 0 Å². The van der Waals surface area contributed by atoms with Gasteiger partial charge in [0.25, 0.3) is 0 Å². The van der Waals surface area contributed by atoms with Gasteiger partial charge in [-0.1, -0.05) is 24.3 Å². The summed E-state index contributed by atoms with van der Waals surface area (Å²) in [6, 6.07) is 10.5. The standard InChI is InChI=1S/C13H12N2/c1-8-14-13(15-9-1)12-6-4-11(5-7-12)10-2-3-10/h1,4-10H,2-3H2. The van der Waals surface area contributed by atoms with Crippen molar-refractivity contribution in [3.8, 4) is 11.4 Å². The molecule has 1 aromatic heterocycles. The van der Waals surface area contributed by atoms with E-state index in [1.54, 1.807) is 12.4 Å². The second-order valence-electron chi connectivity index (χ2n) is 3.97. The van der Waals surface area contributed by atoms with Gasteiger partial charge in [-0.15, -0.1) is 0 Å². The summed E-state index contributed by atoms with van der Waals surface area (Å²) in [7, 11) is 0. The molecule has 0 unspecified atom stereocenters. The first-order valence-electron chi connectivity index (χ1n) is 5.31. The van der Waals surface area contributed by atoms with Crippen LogP contribution in [0.4, 0.5) is 0 Å². The van der Waals surface area contributed by atoms with Crippen molar-refractivity contribution in [1.82, 2.24) is 9.97 Å². The third-order valence-electron chi connectivity index (χ3n) is 2.78. The predicted molar refractivity (Wildman–Crippen MR) is 59.4 cm³/mol. The Morgan fingerprint density at radius 1 is 0.933 bits per heavy atom. The molecule has 0 aliphatic heterocycles. The Labute approximate surface area is 89.0 Å². The van der Waals surface area contributed by atoms with Gasteiger partial charge >= 0.3 is 0 Å². The smallest absolute Gasteiger partial charge is 0.159 e. The maximum atomic E-state index is 4.23. The highest BCUT2D eigenvalue weighted by Crippen LogP contribution is 2.40. The van der Waals surface area contributed by atoms with Crippen molar-refractivity contribution in [2.45, 2.75) is 18.8 Å². The molecule has 74 valence electrons. The summed E-state index contributed by atoms with van der Waals surface area (Å²) in [5.41, 5.74) is 2.55. The molecule has 1 heterocycles.